The molecule has 1 atom stereocenters. The van der Waals surface area contributed by atoms with Crippen LogP contribution in [0.3, 0.4) is 0 Å². The molecule has 0 spiro atoms. The van der Waals surface area contributed by atoms with E-state index < -0.39 is 0 Å². The Morgan fingerprint density at radius 3 is 2.53 bits per heavy atom. The third-order valence-corrected chi connectivity index (χ3v) is 2.97. The summed E-state index contributed by atoms with van der Waals surface area (Å²) in [4.78, 5) is 0. The molecule has 2 nitrogen and oxygen atoms in total. The summed E-state index contributed by atoms with van der Waals surface area (Å²) in [5.41, 5.74) is 1.67. The van der Waals surface area contributed by atoms with E-state index in [1.807, 2.05) is 0 Å². The molecule has 19 heavy (non-hydrogen) atoms. The average Bonchev–Trinajstić information content (AvgIpc) is 2.37. The lowest BCUT2D eigenvalue weighted by Gasteiger charge is -2.27. The topological polar surface area (TPSA) is 21.3 Å². The van der Waals surface area contributed by atoms with Gasteiger partial charge < -0.3 is 10.1 Å². The first-order valence-corrected chi connectivity index (χ1v) is 7.04. The standard InChI is InChI=1S/C17H27NO/c1-5-19-13-9-12-18-16(14-17(2,3)4)15-10-7-6-8-11-15/h5-8,10-11,16,18H,1,9,12-14H2,2-4H3. The van der Waals surface area contributed by atoms with Gasteiger partial charge in [-0.2, -0.15) is 0 Å². The number of rotatable bonds is 8. The minimum Gasteiger partial charge on any atom is -0.502 e. The van der Waals surface area contributed by atoms with Crippen molar-refractivity contribution in [3.8, 4) is 0 Å². The molecule has 1 N–H and O–H groups in total. The van der Waals surface area contributed by atoms with Gasteiger partial charge in [0, 0.05) is 6.04 Å². The molecule has 1 aromatic rings. The fourth-order valence-corrected chi connectivity index (χ4v) is 2.12. The highest BCUT2D eigenvalue weighted by molar-refractivity contribution is 5.19. The molecular weight excluding hydrogens is 234 g/mol. The van der Waals surface area contributed by atoms with Crippen LogP contribution in [0.5, 0.6) is 0 Å². The second-order valence-corrected chi connectivity index (χ2v) is 6.07. The Morgan fingerprint density at radius 1 is 1.26 bits per heavy atom. The van der Waals surface area contributed by atoms with Crippen LogP contribution < -0.4 is 5.32 Å². The van der Waals surface area contributed by atoms with Crippen LogP contribution in [0.2, 0.25) is 0 Å². The number of ether oxygens (including phenoxy) is 1. The SMILES string of the molecule is C=COCCCNC(CC(C)(C)C)c1ccccc1. The van der Waals surface area contributed by atoms with Crippen molar-refractivity contribution >= 4 is 0 Å². The molecular formula is C17H27NO. The van der Waals surface area contributed by atoms with Gasteiger partial charge in [0.25, 0.3) is 0 Å². The molecule has 106 valence electrons. The van der Waals surface area contributed by atoms with Gasteiger partial charge in [0.1, 0.15) is 0 Å². The zero-order valence-electron chi connectivity index (χ0n) is 12.5. The number of hydrogen-bond acceptors (Lipinski definition) is 2. The lowest BCUT2D eigenvalue weighted by atomic mass is 9.85. The van der Waals surface area contributed by atoms with Crippen molar-refractivity contribution in [1.82, 2.24) is 5.32 Å². The molecule has 0 aromatic heterocycles. The average molecular weight is 261 g/mol. The van der Waals surface area contributed by atoms with E-state index in [2.05, 4.69) is 63.0 Å². The van der Waals surface area contributed by atoms with Crippen LogP contribution in [0.25, 0.3) is 0 Å². The Labute approximate surface area is 117 Å². The maximum Gasteiger partial charge on any atom is 0.0885 e. The maximum atomic E-state index is 5.15. The summed E-state index contributed by atoms with van der Waals surface area (Å²) in [6.07, 6.45) is 3.63. The summed E-state index contributed by atoms with van der Waals surface area (Å²) in [6.45, 7) is 12.1. The van der Waals surface area contributed by atoms with E-state index in [0.29, 0.717) is 11.5 Å². The molecule has 0 aliphatic carbocycles. The van der Waals surface area contributed by atoms with E-state index in [4.69, 9.17) is 4.74 Å². The van der Waals surface area contributed by atoms with E-state index in [1.165, 1.54) is 11.8 Å². The molecule has 0 aliphatic rings. The number of hydrogen-bond donors (Lipinski definition) is 1. The van der Waals surface area contributed by atoms with Crippen LogP contribution >= 0.6 is 0 Å². The first kappa shape index (κ1) is 15.8. The number of benzene rings is 1. The van der Waals surface area contributed by atoms with Crippen molar-refractivity contribution in [2.24, 2.45) is 5.41 Å². The summed E-state index contributed by atoms with van der Waals surface area (Å²) in [5.74, 6) is 0. The van der Waals surface area contributed by atoms with E-state index in [-0.39, 0.29) is 0 Å². The summed E-state index contributed by atoms with van der Waals surface area (Å²) in [5, 5.41) is 3.64. The second-order valence-electron chi connectivity index (χ2n) is 6.07. The van der Waals surface area contributed by atoms with Gasteiger partial charge in [-0.25, -0.2) is 0 Å². The maximum absolute atomic E-state index is 5.15. The van der Waals surface area contributed by atoms with E-state index in [1.54, 1.807) is 0 Å². The minimum absolute atomic E-state index is 0.311. The van der Waals surface area contributed by atoms with E-state index >= 15 is 0 Å². The quantitative estimate of drug-likeness (QED) is 0.556. The van der Waals surface area contributed by atoms with Crippen LogP contribution in [0.15, 0.2) is 43.2 Å². The fraction of sp³-hybridized carbons (Fsp3) is 0.529. The van der Waals surface area contributed by atoms with Crippen molar-refractivity contribution in [3.05, 3.63) is 48.7 Å². The molecule has 1 aromatic carbocycles. The molecule has 1 rings (SSSR count). The second kappa shape index (κ2) is 8.00. The van der Waals surface area contributed by atoms with Crippen molar-refractivity contribution in [2.75, 3.05) is 13.2 Å². The Balaban J connectivity index is 2.53. The Morgan fingerprint density at radius 2 is 1.95 bits per heavy atom. The molecule has 0 fully saturated rings. The van der Waals surface area contributed by atoms with Crippen LogP contribution in [0.1, 0.15) is 45.2 Å². The molecule has 1 unspecified atom stereocenters. The Hall–Kier alpha value is -1.28. The first-order valence-electron chi connectivity index (χ1n) is 7.04. The molecule has 2 heteroatoms. The molecule has 0 saturated carbocycles. The molecule has 0 amide bonds. The predicted octanol–water partition coefficient (Wildman–Crippen LogP) is 4.30. The molecule has 0 radical (unpaired) electrons. The minimum atomic E-state index is 0.311. The fourth-order valence-electron chi connectivity index (χ4n) is 2.12. The van der Waals surface area contributed by atoms with Gasteiger partial charge in [0.2, 0.25) is 0 Å². The van der Waals surface area contributed by atoms with Gasteiger partial charge in [-0.05, 0) is 30.4 Å². The zero-order valence-corrected chi connectivity index (χ0v) is 12.5. The van der Waals surface area contributed by atoms with Gasteiger partial charge in [-0.15, -0.1) is 0 Å². The third-order valence-electron chi connectivity index (χ3n) is 2.97. The van der Waals surface area contributed by atoms with Gasteiger partial charge >= 0.3 is 0 Å². The first-order chi connectivity index (χ1) is 9.03. The number of nitrogens with one attached hydrogen (secondary N) is 1. The molecule has 0 saturated heterocycles. The molecule has 0 aliphatic heterocycles. The van der Waals surface area contributed by atoms with Gasteiger partial charge in [-0.3, -0.25) is 0 Å². The summed E-state index contributed by atoms with van der Waals surface area (Å²) >= 11 is 0. The highest BCUT2D eigenvalue weighted by Crippen LogP contribution is 2.29. The van der Waals surface area contributed by atoms with Gasteiger partial charge in [0.15, 0.2) is 0 Å². The van der Waals surface area contributed by atoms with Crippen molar-refractivity contribution in [2.45, 2.75) is 39.7 Å². The Kier molecular flexibility index (Phi) is 6.65. The monoisotopic (exact) mass is 261 g/mol. The highest BCUT2D eigenvalue weighted by atomic mass is 16.5. The third kappa shape index (κ3) is 7.02. The van der Waals surface area contributed by atoms with Crippen molar-refractivity contribution < 1.29 is 4.74 Å². The van der Waals surface area contributed by atoms with Crippen LogP contribution in [0, 0.1) is 5.41 Å². The Bertz CT molecular complexity index is 353. The smallest absolute Gasteiger partial charge is 0.0885 e. The normalized spacial score (nSPS) is 13.0. The van der Waals surface area contributed by atoms with E-state index in [9.17, 15) is 0 Å². The van der Waals surface area contributed by atoms with Gasteiger partial charge in [0.05, 0.1) is 12.9 Å². The molecule has 0 heterocycles. The zero-order chi connectivity index (χ0) is 14.1. The van der Waals surface area contributed by atoms with Crippen LogP contribution in [0.4, 0.5) is 0 Å². The summed E-state index contributed by atoms with van der Waals surface area (Å²) in [6, 6.07) is 11.1. The van der Waals surface area contributed by atoms with Crippen molar-refractivity contribution in [3.63, 3.8) is 0 Å². The predicted molar refractivity (Wildman–Crippen MR) is 82.0 cm³/mol. The molecule has 0 bridgehead atoms. The van der Waals surface area contributed by atoms with E-state index in [0.717, 1.165) is 26.0 Å². The summed E-state index contributed by atoms with van der Waals surface area (Å²) in [7, 11) is 0. The van der Waals surface area contributed by atoms with Crippen LogP contribution in [-0.2, 0) is 4.74 Å². The lowest BCUT2D eigenvalue weighted by molar-refractivity contribution is 0.238. The van der Waals surface area contributed by atoms with Crippen molar-refractivity contribution in [1.29, 1.82) is 0 Å². The van der Waals surface area contributed by atoms with Crippen LogP contribution in [-0.4, -0.2) is 13.2 Å². The lowest BCUT2D eigenvalue weighted by Crippen LogP contribution is -2.27. The highest BCUT2D eigenvalue weighted by Gasteiger charge is 2.19. The summed E-state index contributed by atoms with van der Waals surface area (Å²) < 4.78 is 5.15. The largest absolute Gasteiger partial charge is 0.502 e. The van der Waals surface area contributed by atoms with Gasteiger partial charge in [-0.1, -0.05) is 57.7 Å².